The van der Waals surface area contributed by atoms with Crippen molar-refractivity contribution in [2.75, 3.05) is 20.7 Å². The van der Waals surface area contributed by atoms with Gasteiger partial charge >= 0.3 is 6.09 Å². The fraction of sp³-hybridized carbons (Fsp3) is 0.500. The molecule has 1 aliphatic rings. The molecule has 1 amide bonds. The largest absolute Gasteiger partial charge is 0.448 e. The maximum atomic E-state index is 11.2. The number of hydrogen-bond acceptors (Lipinski definition) is 4. The van der Waals surface area contributed by atoms with E-state index in [0.29, 0.717) is 6.61 Å². The molecule has 2 N–H and O–H groups in total. The van der Waals surface area contributed by atoms with Crippen LogP contribution in [0.3, 0.4) is 0 Å². The molecule has 0 saturated carbocycles. The van der Waals surface area contributed by atoms with Crippen LogP contribution in [0.15, 0.2) is 28.9 Å². The number of carbonyl (C=O) groups is 1. The Balaban J connectivity index is 2.70. The SMILES string of the molecule is CCOC(=O)N=CC1(NC)C=CC(NC)=CC1. The second-order valence-electron chi connectivity index (χ2n) is 3.69. The highest BCUT2D eigenvalue weighted by atomic mass is 16.5. The Labute approximate surface area is 102 Å². The van der Waals surface area contributed by atoms with Crippen molar-refractivity contribution in [2.45, 2.75) is 18.9 Å². The van der Waals surface area contributed by atoms with Crippen LogP contribution < -0.4 is 10.6 Å². The Morgan fingerprint density at radius 3 is 2.88 bits per heavy atom. The van der Waals surface area contributed by atoms with Gasteiger partial charge < -0.3 is 15.4 Å². The molecule has 1 aliphatic carbocycles. The number of nitrogens with zero attached hydrogens (tertiary/aromatic N) is 1. The van der Waals surface area contributed by atoms with E-state index in [-0.39, 0.29) is 0 Å². The molecule has 1 atom stereocenters. The number of allylic oxidation sites excluding steroid dienone is 1. The Morgan fingerprint density at radius 2 is 2.41 bits per heavy atom. The number of hydrogen-bond donors (Lipinski definition) is 2. The lowest BCUT2D eigenvalue weighted by Crippen LogP contribution is -2.43. The third-order valence-corrected chi connectivity index (χ3v) is 2.64. The molecule has 0 heterocycles. The van der Waals surface area contributed by atoms with Gasteiger partial charge in [-0.15, -0.1) is 0 Å². The summed E-state index contributed by atoms with van der Waals surface area (Å²) in [5.41, 5.74) is 0.646. The highest BCUT2D eigenvalue weighted by molar-refractivity contribution is 5.85. The molecule has 94 valence electrons. The zero-order valence-electron chi connectivity index (χ0n) is 10.5. The van der Waals surface area contributed by atoms with E-state index in [4.69, 9.17) is 4.74 Å². The molecule has 0 aliphatic heterocycles. The molecular weight excluding hydrogens is 218 g/mol. The van der Waals surface area contributed by atoms with Crippen LogP contribution >= 0.6 is 0 Å². The van der Waals surface area contributed by atoms with Gasteiger partial charge in [0.2, 0.25) is 0 Å². The summed E-state index contributed by atoms with van der Waals surface area (Å²) >= 11 is 0. The van der Waals surface area contributed by atoms with E-state index in [9.17, 15) is 4.79 Å². The van der Waals surface area contributed by atoms with Crippen LogP contribution in [0.2, 0.25) is 0 Å². The van der Waals surface area contributed by atoms with Crippen molar-refractivity contribution in [1.29, 1.82) is 0 Å². The van der Waals surface area contributed by atoms with Gasteiger partial charge in [-0.05, 0) is 26.5 Å². The molecule has 0 aromatic carbocycles. The lowest BCUT2D eigenvalue weighted by atomic mass is 9.91. The predicted octanol–water partition coefficient (Wildman–Crippen LogP) is 1.24. The van der Waals surface area contributed by atoms with Crippen molar-refractivity contribution in [3.05, 3.63) is 23.9 Å². The minimum absolute atomic E-state index is 0.336. The van der Waals surface area contributed by atoms with Crippen LogP contribution in [0.25, 0.3) is 0 Å². The lowest BCUT2D eigenvalue weighted by Gasteiger charge is -2.27. The molecule has 0 saturated heterocycles. The maximum Gasteiger partial charge on any atom is 0.433 e. The number of carbonyl (C=O) groups excluding carboxylic acids is 1. The zero-order chi connectivity index (χ0) is 12.7. The van der Waals surface area contributed by atoms with Gasteiger partial charge in [-0.25, -0.2) is 4.79 Å². The molecule has 0 radical (unpaired) electrons. The van der Waals surface area contributed by atoms with Crippen LogP contribution in [0, 0.1) is 0 Å². The van der Waals surface area contributed by atoms with Gasteiger partial charge in [0.25, 0.3) is 0 Å². The van der Waals surface area contributed by atoms with E-state index >= 15 is 0 Å². The first-order chi connectivity index (χ1) is 8.15. The highest BCUT2D eigenvalue weighted by Crippen LogP contribution is 2.17. The number of ether oxygens (including phenoxy) is 1. The third kappa shape index (κ3) is 3.71. The molecule has 1 rings (SSSR count). The van der Waals surface area contributed by atoms with Crippen molar-refractivity contribution in [3.63, 3.8) is 0 Å². The fourth-order valence-electron chi connectivity index (χ4n) is 1.51. The minimum Gasteiger partial charge on any atom is -0.448 e. The van der Waals surface area contributed by atoms with Gasteiger partial charge in [-0.1, -0.05) is 12.2 Å². The molecule has 0 spiro atoms. The van der Waals surface area contributed by atoms with Crippen molar-refractivity contribution in [3.8, 4) is 0 Å². The van der Waals surface area contributed by atoms with Gasteiger partial charge in [0, 0.05) is 19.0 Å². The summed E-state index contributed by atoms with van der Waals surface area (Å²) in [7, 11) is 3.70. The fourth-order valence-corrected chi connectivity index (χ4v) is 1.51. The normalized spacial score (nSPS) is 23.6. The first-order valence-corrected chi connectivity index (χ1v) is 5.64. The third-order valence-electron chi connectivity index (χ3n) is 2.64. The van der Waals surface area contributed by atoms with Crippen LogP contribution in [0.1, 0.15) is 13.3 Å². The molecule has 17 heavy (non-hydrogen) atoms. The van der Waals surface area contributed by atoms with E-state index in [1.54, 1.807) is 13.1 Å². The molecular formula is C12H19N3O2. The van der Waals surface area contributed by atoms with Crippen LogP contribution in [-0.4, -0.2) is 38.5 Å². The number of aliphatic imine (C=N–C) groups is 1. The predicted molar refractivity (Wildman–Crippen MR) is 68.2 cm³/mol. The Kier molecular flexibility index (Phi) is 4.90. The Hall–Kier alpha value is -1.62. The van der Waals surface area contributed by atoms with Crippen molar-refractivity contribution in [2.24, 2.45) is 4.99 Å². The van der Waals surface area contributed by atoms with Crippen molar-refractivity contribution >= 4 is 12.3 Å². The van der Waals surface area contributed by atoms with E-state index < -0.39 is 11.6 Å². The summed E-state index contributed by atoms with van der Waals surface area (Å²) in [4.78, 5) is 14.9. The molecule has 0 fully saturated rings. The van der Waals surface area contributed by atoms with Crippen LogP contribution in [0.5, 0.6) is 0 Å². The topological polar surface area (TPSA) is 62.7 Å². The molecule has 5 nitrogen and oxygen atoms in total. The number of nitrogens with one attached hydrogen (secondary N) is 2. The first kappa shape index (κ1) is 13.4. The summed E-state index contributed by atoms with van der Waals surface area (Å²) in [6, 6.07) is 0. The monoisotopic (exact) mass is 237 g/mol. The van der Waals surface area contributed by atoms with Crippen molar-refractivity contribution < 1.29 is 9.53 Å². The average molecular weight is 237 g/mol. The van der Waals surface area contributed by atoms with Crippen molar-refractivity contribution in [1.82, 2.24) is 10.6 Å². The van der Waals surface area contributed by atoms with E-state index in [1.165, 1.54) is 0 Å². The lowest BCUT2D eigenvalue weighted by molar-refractivity contribution is 0.163. The highest BCUT2D eigenvalue weighted by Gasteiger charge is 2.24. The van der Waals surface area contributed by atoms with Gasteiger partial charge in [-0.2, -0.15) is 4.99 Å². The summed E-state index contributed by atoms with van der Waals surface area (Å²) in [5.74, 6) is 0. The van der Waals surface area contributed by atoms with Gasteiger partial charge in [0.1, 0.15) is 0 Å². The maximum absolute atomic E-state index is 11.2. The van der Waals surface area contributed by atoms with Gasteiger partial charge in [0.05, 0.1) is 12.1 Å². The average Bonchev–Trinajstić information content (AvgIpc) is 2.37. The first-order valence-electron chi connectivity index (χ1n) is 5.64. The standard InChI is InChI=1S/C12H19N3O2/c1-4-17-11(16)15-9-12(14-3)7-5-10(13-2)6-8-12/h5-7,9,13-14H,4,8H2,1-3H3. The van der Waals surface area contributed by atoms with Crippen LogP contribution in [-0.2, 0) is 4.74 Å². The molecule has 5 heteroatoms. The smallest absolute Gasteiger partial charge is 0.433 e. The minimum atomic E-state index is -0.557. The molecule has 1 unspecified atom stereocenters. The zero-order valence-corrected chi connectivity index (χ0v) is 10.5. The Morgan fingerprint density at radius 1 is 1.65 bits per heavy atom. The van der Waals surface area contributed by atoms with E-state index in [1.807, 2.05) is 32.3 Å². The van der Waals surface area contributed by atoms with Gasteiger partial charge in [-0.3, -0.25) is 0 Å². The summed E-state index contributed by atoms with van der Waals surface area (Å²) in [6.45, 7) is 2.09. The quantitative estimate of drug-likeness (QED) is 0.722. The second-order valence-corrected chi connectivity index (χ2v) is 3.69. The van der Waals surface area contributed by atoms with E-state index in [2.05, 4.69) is 15.6 Å². The van der Waals surface area contributed by atoms with Gasteiger partial charge in [0.15, 0.2) is 0 Å². The Bertz CT molecular complexity index is 361. The summed E-state index contributed by atoms with van der Waals surface area (Å²) < 4.78 is 4.75. The summed E-state index contributed by atoms with van der Waals surface area (Å²) in [5, 5.41) is 6.20. The number of likely N-dealkylation sites (N-methyl/N-ethyl adjacent to an activating group) is 2. The van der Waals surface area contributed by atoms with Crippen LogP contribution in [0.4, 0.5) is 4.79 Å². The molecule has 0 bridgehead atoms. The molecule has 0 aromatic heterocycles. The number of rotatable bonds is 4. The number of amides is 1. The molecule has 0 aromatic rings. The van der Waals surface area contributed by atoms with E-state index in [0.717, 1.165) is 12.1 Å². The summed E-state index contributed by atoms with van der Waals surface area (Å²) in [6.07, 6.45) is 7.74. The second kappa shape index (κ2) is 6.20.